The summed E-state index contributed by atoms with van der Waals surface area (Å²) in [6.45, 7) is 8.41. The Morgan fingerprint density at radius 2 is 1.64 bits per heavy atom. The molecule has 2 aromatic rings. The van der Waals surface area contributed by atoms with Crippen LogP contribution in [0.25, 0.3) is 0 Å². The van der Waals surface area contributed by atoms with Crippen molar-refractivity contribution in [2.45, 2.75) is 51.5 Å². The number of nitrogens with one attached hydrogen (secondary N) is 2. The van der Waals surface area contributed by atoms with E-state index in [9.17, 15) is 9.59 Å². The molecular weight excluding hydrogens is 368 g/mol. The van der Waals surface area contributed by atoms with Crippen LogP contribution in [0.1, 0.15) is 49.5 Å². The highest BCUT2D eigenvalue weighted by Gasteiger charge is 2.15. The van der Waals surface area contributed by atoms with Crippen molar-refractivity contribution in [2.24, 2.45) is 5.92 Å². The molecule has 28 heavy (non-hydrogen) atoms. The fourth-order valence-corrected chi connectivity index (χ4v) is 3.56. The van der Waals surface area contributed by atoms with E-state index in [-0.39, 0.29) is 23.6 Å². The molecule has 0 aromatic heterocycles. The third-order valence-corrected chi connectivity index (χ3v) is 5.45. The van der Waals surface area contributed by atoms with Gasteiger partial charge in [-0.05, 0) is 56.9 Å². The average Bonchev–Trinajstić information content (AvgIpc) is 2.66. The van der Waals surface area contributed by atoms with Crippen molar-refractivity contribution >= 4 is 29.3 Å². The van der Waals surface area contributed by atoms with Crippen LogP contribution >= 0.6 is 11.8 Å². The van der Waals surface area contributed by atoms with Gasteiger partial charge in [-0.1, -0.05) is 43.7 Å². The first-order chi connectivity index (χ1) is 13.3. The van der Waals surface area contributed by atoms with Gasteiger partial charge in [-0.25, -0.2) is 0 Å². The first-order valence-corrected chi connectivity index (χ1v) is 10.7. The second kappa shape index (κ2) is 10.9. The molecule has 1 unspecified atom stereocenters. The Kier molecular flexibility index (Phi) is 8.58. The average molecular weight is 399 g/mol. The van der Waals surface area contributed by atoms with Crippen molar-refractivity contribution in [1.82, 2.24) is 5.32 Å². The second-order valence-electron chi connectivity index (χ2n) is 7.54. The molecule has 4 nitrogen and oxygen atoms in total. The van der Waals surface area contributed by atoms with Crippen LogP contribution in [0, 0.1) is 12.8 Å². The Labute approximate surface area is 172 Å². The number of thioether (sulfide) groups is 1. The Morgan fingerprint density at radius 3 is 2.32 bits per heavy atom. The molecule has 1 atom stereocenters. The van der Waals surface area contributed by atoms with Crippen LogP contribution in [0.15, 0.2) is 53.4 Å². The second-order valence-corrected chi connectivity index (χ2v) is 8.56. The summed E-state index contributed by atoms with van der Waals surface area (Å²) in [5, 5.41) is 5.96. The zero-order valence-corrected chi connectivity index (χ0v) is 17.9. The van der Waals surface area contributed by atoms with Crippen LogP contribution in [-0.4, -0.2) is 23.6 Å². The molecule has 2 N–H and O–H groups in total. The zero-order valence-electron chi connectivity index (χ0n) is 17.1. The molecule has 2 aromatic carbocycles. The van der Waals surface area contributed by atoms with Crippen molar-refractivity contribution in [3.8, 4) is 0 Å². The number of anilines is 1. The molecule has 0 aliphatic heterocycles. The molecule has 0 saturated carbocycles. The van der Waals surface area contributed by atoms with Gasteiger partial charge >= 0.3 is 0 Å². The maximum Gasteiger partial charge on any atom is 0.252 e. The number of hydrogen-bond donors (Lipinski definition) is 2. The maximum absolute atomic E-state index is 12.7. The van der Waals surface area contributed by atoms with Crippen LogP contribution in [0.2, 0.25) is 0 Å². The van der Waals surface area contributed by atoms with Gasteiger partial charge in [-0.3, -0.25) is 9.59 Å². The van der Waals surface area contributed by atoms with Gasteiger partial charge in [0.05, 0.1) is 11.3 Å². The lowest BCUT2D eigenvalue weighted by atomic mass is 10.0. The van der Waals surface area contributed by atoms with E-state index in [0.29, 0.717) is 11.5 Å². The molecule has 0 radical (unpaired) electrons. The van der Waals surface area contributed by atoms with Crippen molar-refractivity contribution in [3.63, 3.8) is 0 Å². The molecule has 0 heterocycles. The van der Waals surface area contributed by atoms with E-state index in [0.717, 1.165) is 29.0 Å². The van der Waals surface area contributed by atoms with Gasteiger partial charge in [0, 0.05) is 16.6 Å². The molecule has 0 spiro atoms. The molecule has 0 fully saturated rings. The highest BCUT2D eigenvalue weighted by atomic mass is 32.2. The predicted molar refractivity (Wildman–Crippen MR) is 118 cm³/mol. The highest BCUT2D eigenvalue weighted by Crippen LogP contribution is 2.23. The minimum atomic E-state index is -0.0886. The Bertz CT molecular complexity index is 787. The van der Waals surface area contributed by atoms with E-state index in [2.05, 4.69) is 24.5 Å². The molecule has 150 valence electrons. The third kappa shape index (κ3) is 7.39. The van der Waals surface area contributed by atoms with E-state index >= 15 is 0 Å². The molecule has 5 heteroatoms. The fourth-order valence-electron chi connectivity index (χ4n) is 2.71. The summed E-state index contributed by atoms with van der Waals surface area (Å²) in [4.78, 5) is 25.7. The number of hydrogen-bond acceptors (Lipinski definition) is 3. The third-order valence-electron chi connectivity index (χ3n) is 4.38. The minimum Gasteiger partial charge on any atom is -0.350 e. The molecule has 2 rings (SSSR count). The van der Waals surface area contributed by atoms with Crippen molar-refractivity contribution in [1.29, 1.82) is 0 Å². The normalized spacial score (nSPS) is 11.9. The van der Waals surface area contributed by atoms with Gasteiger partial charge in [0.25, 0.3) is 5.91 Å². The Balaban J connectivity index is 1.92. The number of carbonyl (C=O) groups is 2. The summed E-state index contributed by atoms with van der Waals surface area (Å²) >= 11 is 1.38. The molecule has 0 aliphatic carbocycles. The highest BCUT2D eigenvalue weighted by molar-refractivity contribution is 8.00. The fraction of sp³-hybridized carbons (Fsp3) is 0.391. The van der Waals surface area contributed by atoms with Gasteiger partial charge in [0.15, 0.2) is 0 Å². The number of rotatable bonds is 9. The van der Waals surface area contributed by atoms with E-state index in [1.165, 1.54) is 11.8 Å². The van der Waals surface area contributed by atoms with Crippen LogP contribution < -0.4 is 10.6 Å². The lowest BCUT2D eigenvalue weighted by molar-refractivity contribution is -0.113. The van der Waals surface area contributed by atoms with Gasteiger partial charge in [0.1, 0.15) is 0 Å². The maximum atomic E-state index is 12.7. The smallest absolute Gasteiger partial charge is 0.252 e. The van der Waals surface area contributed by atoms with Crippen LogP contribution in [0.4, 0.5) is 5.69 Å². The lowest BCUT2D eigenvalue weighted by Gasteiger charge is -2.16. The van der Waals surface area contributed by atoms with Crippen LogP contribution in [0.5, 0.6) is 0 Å². The van der Waals surface area contributed by atoms with E-state index < -0.39 is 0 Å². The molecule has 0 saturated heterocycles. The standard InChI is InChI=1S/C23H30N2O2S/c1-16(2)9-12-18(4)24-23(27)20-7-5-6-8-21(20)28-15-22(26)25-19-13-10-17(3)11-14-19/h5-8,10-11,13-14,16,18H,9,12,15H2,1-4H3,(H,24,27)(H,25,26). The summed E-state index contributed by atoms with van der Waals surface area (Å²) < 4.78 is 0. The number of aryl methyl sites for hydroxylation is 1. The quantitative estimate of drug-likeness (QED) is 0.565. The number of amides is 2. The lowest BCUT2D eigenvalue weighted by Crippen LogP contribution is -2.33. The van der Waals surface area contributed by atoms with Crippen molar-refractivity contribution in [2.75, 3.05) is 11.1 Å². The van der Waals surface area contributed by atoms with Crippen molar-refractivity contribution in [3.05, 3.63) is 59.7 Å². The van der Waals surface area contributed by atoms with Gasteiger partial charge in [-0.2, -0.15) is 0 Å². The topological polar surface area (TPSA) is 58.2 Å². The van der Waals surface area contributed by atoms with E-state index in [1.807, 2.05) is 62.4 Å². The first kappa shape index (κ1) is 22.0. The van der Waals surface area contributed by atoms with Crippen molar-refractivity contribution < 1.29 is 9.59 Å². The van der Waals surface area contributed by atoms with E-state index in [4.69, 9.17) is 0 Å². The van der Waals surface area contributed by atoms with E-state index in [1.54, 1.807) is 0 Å². The minimum absolute atomic E-state index is 0.0849. The summed E-state index contributed by atoms with van der Waals surface area (Å²) in [5.74, 6) is 0.697. The first-order valence-electron chi connectivity index (χ1n) is 9.74. The number of carbonyl (C=O) groups excluding carboxylic acids is 2. The predicted octanol–water partition coefficient (Wildman–Crippen LogP) is 5.28. The summed E-state index contributed by atoms with van der Waals surface area (Å²) in [7, 11) is 0. The zero-order chi connectivity index (χ0) is 20.5. The molecule has 2 amide bonds. The number of benzene rings is 2. The van der Waals surface area contributed by atoms with Crippen LogP contribution in [0.3, 0.4) is 0 Å². The largest absolute Gasteiger partial charge is 0.350 e. The molecule has 0 bridgehead atoms. The summed E-state index contributed by atoms with van der Waals surface area (Å²) in [5.41, 5.74) is 2.54. The van der Waals surface area contributed by atoms with Gasteiger partial charge < -0.3 is 10.6 Å². The SMILES string of the molecule is Cc1ccc(NC(=O)CSc2ccccc2C(=O)NC(C)CCC(C)C)cc1. The Hall–Kier alpha value is -2.27. The monoisotopic (exact) mass is 398 g/mol. The van der Waals surface area contributed by atoms with Crippen LogP contribution in [-0.2, 0) is 4.79 Å². The molecular formula is C23H30N2O2S. The summed E-state index contributed by atoms with van der Waals surface area (Å²) in [6, 6.07) is 15.3. The van der Waals surface area contributed by atoms with Gasteiger partial charge in [0.2, 0.25) is 5.91 Å². The van der Waals surface area contributed by atoms with Gasteiger partial charge in [-0.15, -0.1) is 11.8 Å². The Morgan fingerprint density at radius 1 is 0.964 bits per heavy atom. The molecule has 0 aliphatic rings. The summed E-state index contributed by atoms with van der Waals surface area (Å²) in [6.07, 6.45) is 2.04.